The monoisotopic (exact) mass is 243 g/mol. The lowest BCUT2D eigenvalue weighted by Gasteiger charge is -2.03. The van der Waals surface area contributed by atoms with Crippen molar-refractivity contribution in [3.8, 4) is 0 Å². The van der Waals surface area contributed by atoms with Crippen LogP contribution < -0.4 is 5.73 Å². The van der Waals surface area contributed by atoms with Crippen molar-refractivity contribution in [2.75, 3.05) is 5.73 Å². The number of nitrogens with two attached hydrogens (primary N) is 1. The summed E-state index contributed by atoms with van der Waals surface area (Å²) >= 11 is 0.918. The van der Waals surface area contributed by atoms with E-state index in [1.807, 2.05) is 0 Å². The first-order valence-electron chi connectivity index (χ1n) is 4.29. The van der Waals surface area contributed by atoms with E-state index >= 15 is 0 Å². The Hall–Kier alpha value is -1.63. The fourth-order valence-corrected chi connectivity index (χ4v) is 1.87. The van der Waals surface area contributed by atoms with E-state index in [2.05, 4.69) is 10.2 Å². The third-order valence-corrected chi connectivity index (χ3v) is 2.66. The first-order chi connectivity index (χ1) is 7.56. The molecule has 0 unspecified atom stereocenters. The first kappa shape index (κ1) is 10.9. The van der Waals surface area contributed by atoms with Crippen molar-refractivity contribution in [3.63, 3.8) is 0 Å². The van der Waals surface area contributed by atoms with Gasteiger partial charge in [-0.05, 0) is 17.8 Å². The number of rotatable bonds is 2. The largest absolute Gasteiger partial charge is 0.416 e. The van der Waals surface area contributed by atoms with Crippen molar-refractivity contribution in [2.24, 2.45) is 0 Å². The van der Waals surface area contributed by atoms with Crippen molar-refractivity contribution in [3.05, 3.63) is 29.7 Å². The second kappa shape index (κ2) is 4.09. The second-order valence-electron chi connectivity index (χ2n) is 2.99. The van der Waals surface area contributed by atoms with Gasteiger partial charge in [-0.25, -0.2) is 8.78 Å². The Kier molecular flexibility index (Phi) is 2.78. The summed E-state index contributed by atoms with van der Waals surface area (Å²) in [5.74, 6) is -1.14. The van der Waals surface area contributed by atoms with Gasteiger partial charge in [0, 0.05) is 17.9 Å². The smallest absolute Gasteiger partial charge is 0.281 e. The number of benzene rings is 1. The predicted molar refractivity (Wildman–Crippen MR) is 53.9 cm³/mol. The van der Waals surface area contributed by atoms with Crippen LogP contribution in [-0.2, 0) is 0 Å². The maximum absolute atomic E-state index is 13.1. The summed E-state index contributed by atoms with van der Waals surface area (Å²) in [4.78, 5) is 0.209. The molecule has 0 saturated heterocycles. The molecule has 84 valence electrons. The summed E-state index contributed by atoms with van der Waals surface area (Å²) in [6.07, 6.45) is 0. The van der Waals surface area contributed by atoms with Crippen LogP contribution in [0.15, 0.2) is 26.7 Å². The van der Waals surface area contributed by atoms with Crippen LogP contribution in [0.3, 0.4) is 0 Å². The van der Waals surface area contributed by atoms with Gasteiger partial charge < -0.3 is 10.2 Å². The molecule has 16 heavy (non-hydrogen) atoms. The van der Waals surface area contributed by atoms with E-state index in [0.29, 0.717) is 5.89 Å². The standard InChI is InChI=1S/C9H7F2N3OS/c1-4-13-14-9(15-4)16-7-3-5(10)2-6(11)8(7)12/h2-3H,12H2,1H3. The lowest BCUT2D eigenvalue weighted by Crippen LogP contribution is -1.95. The number of halogens is 2. The molecule has 0 aliphatic rings. The van der Waals surface area contributed by atoms with Crippen molar-refractivity contribution < 1.29 is 13.2 Å². The second-order valence-corrected chi connectivity index (χ2v) is 3.98. The van der Waals surface area contributed by atoms with Gasteiger partial charge >= 0.3 is 0 Å². The van der Waals surface area contributed by atoms with Gasteiger partial charge in [-0.3, -0.25) is 0 Å². The molecule has 1 aromatic heterocycles. The highest BCUT2D eigenvalue weighted by atomic mass is 32.2. The number of aromatic nitrogens is 2. The van der Waals surface area contributed by atoms with E-state index in [0.717, 1.165) is 23.9 Å². The summed E-state index contributed by atoms with van der Waals surface area (Å²) in [5.41, 5.74) is 5.32. The predicted octanol–water partition coefficient (Wildman–Crippen LogP) is 2.39. The normalized spacial score (nSPS) is 10.7. The van der Waals surface area contributed by atoms with E-state index in [1.54, 1.807) is 6.92 Å². The van der Waals surface area contributed by atoms with Gasteiger partial charge in [0.1, 0.15) is 11.6 Å². The molecule has 0 saturated carbocycles. The quantitative estimate of drug-likeness (QED) is 0.820. The molecule has 7 heteroatoms. The molecule has 1 heterocycles. The molecular weight excluding hydrogens is 236 g/mol. The molecule has 0 bridgehead atoms. The van der Waals surface area contributed by atoms with E-state index in [1.165, 1.54) is 0 Å². The lowest BCUT2D eigenvalue weighted by atomic mass is 10.3. The highest BCUT2D eigenvalue weighted by Crippen LogP contribution is 2.33. The molecule has 2 N–H and O–H groups in total. The molecule has 2 aromatic rings. The van der Waals surface area contributed by atoms with E-state index in [9.17, 15) is 8.78 Å². The Morgan fingerprint density at radius 3 is 2.69 bits per heavy atom. The van der Waals surface area contributed by atoms with Crippen molar-refractivity contribution in [1.29, 1.82) is 0 Å². The summed E-state index contributed by atoms with van der Waals surface area (Å²) in [7, 11) is 0. The number of anilines is 1. The molecule has 0 aliphatic heterocycles. The highest BCUT2D eigenvalue weighted by molar-refractivity contribution is 7.99. The average Bonchev–Trinajstić information content (AvgIpc) is 2.60. The van der Waals surface area contributed by atoms with Crippen LogP contribution in [0.25, 0.3) is 0 Å². The minimum atomic E-state index is -0.807. The minimum Gasteiger partial charge on any atom is -0.416 e. The van der Waals surface area contributed by atoms with E-state index in [4.69, 9.17) is 10.2 Å². The third-order valence-electron chi connectivity index (χ3n) is 1.76. The maximum Gasteiger partial charge on any atom is 0.281 e. The van der Waals surface area contributed by atoms with Gasteiger partial charge in [0.2, 0.25) is 5.89 Å². The molecule has 0 amide bonds. The molecule has 0 spiro atoms. The average molecular weight is 243 g/mol. The summed E-state index contributed by atoms with van der Waals surface area (Å²) in [5, 5.41) is 7.47. The number of hydrogen-bond acceptors (Lipinski definition) is 5. The summed E-state index contributed by atoms with van der Waals surface area (Å²) in [6.45, 7) is 1.62. The Morgan fingerprint density at radius 1 is 1.31 bits per heavy atom. The number of nitrogens with zero attached hydrogens (tertiary/aromatic N) is 2. The molecule has 0 fully saturated rings. The van der Waals surface area contributed by atoms with Crippen LogP contribution in [0, 0.1) is 18.6 Å². The van der Waals surface area contributed by atoms with Crippen molar-refractivity contribution in [1.82, 2.24) is 10.2 Å². The highest BCUT2D eigenvalue weighted by Gasteiger charge is 2.12. The molecule has 1 aromatic carbocycles. The van der Waals surface area contributed by atoms with Crippen LogP contribution >= 0.6 is 11.8 Å². The molecule has 4 nitrogen and oxygen atoms in total. The van der Waals surface area contributed by atoms with Gasteiger partial charge in [0.25, 0.3) is 5.22 Å². The Bertz CT molecular complexity index is 529. The SMILES string of the molecule is Cc1nnc(Sc2cc(F)cc(F)c2N)o1. The van der Waals surface area contributed by atoms with Gasteiger partial charge in [0.15, 0.2) is 0 Å². The van der Waals surface area contributed by atoms with Crippen molar-refractivity contribution in [2.45, 2.75) is 17.0 Å². The van der Waals surface area contributed by atoms with Crippen LogP contribution in [0.4, 0.5) is 14.5 Å². The first-order valence-corrected chi connectivity index (χ1v) is 5.10. The molecule has 0 aliphatic carbocycles. The van der Waals surface area contributed by atoms with Crippen LogP contribution in [-0.4, -0.2) is 10.2 Å². The molecule has 2 rings (SSSR count). The fourth-order valence-electron chi connectivity index (χ4n) is 1.06. The summed E-state index contributed by atoms with van der Waals surface area (Å²) in [6, 6.07) is 1.83. The third kappa shape index (κ3) is 2.13. The Morgan fingerprint density at radius 2 is 2.06 bits per heavy atom. The molecule has 0 atom stereocenters. The zero-order chi connectivity index (χ0) is 11.7. The molecular formula is C9H7F2N3OS. The fraction of sp³-hybridized carbons (Fsp3) is 0.111. The van der Waals surface area contributed by atoms with Gasteiger partial charge in [-0.15, -0.1) is 10.2 Å². The maximum atomic E-state index is 13.1. The van der Waals surface area contributed by atoms with E-state index in [-0.39, 0.29) is 15.8 Å². The topological polar surface area (TPSA) is 64.9 Å². The minimum absolute atomic E-state index is 0.137. The number of hydrogen-bond donors (Lipinski definition) is 1. The summed E-state index contributed by atoms with van der Waals surface area (Å²) < 4.78 is 31.1. The van der Waals surface area contributed by atoms with Crippen LogP contribution in [0.5, 0.6) is 0 Å². The van der Waals surface area contributed by atoms with Crippen LogP contribution in [0.1, 0.15) is 5.89 Å². The van der Waals surface area contributed by atoms with Crippen LogP contribution in [0.2, 0.25) is 0 Å². The number of aryl methyl sites for hydroxylation is 1. The van der Waals surface area contributed by atoms with Gasteiger partial charge in [-0.1, -0.05) is 0 Å². The number of nitrogen functional groups attached to an aromatic ring is 1. The zero-order valence-corrected chi connectivity index (χ0v) is 9.02. The molecule has 0 radical (unpaired) electrons. The van der Waals surface area contributed by atoms with Gasteiger partial charge in [-0.2, -0.15) is 0 Å². The van der Waals surface area contributed by atoms with Crippen molar-refractivity contribution >= 4 is 17.4 Å². The zero-order valence-electron chi connectivity index (χ0n) is 8.20. The lowest BCUT2D eigenvalue weighted by molar-refractivity contribution is 0.429. The Balaban J connectivity index is 2.34. The van der Waals surface area contributed by atoms with E-state index < -0.39 is 11.6 Å². The Labute approximate surface area is 93.8 Å². The van der Waals surface area contributed by atoms with Gasteiger partial charge in [0.05, 0.1) is 5.69 Å².